The van der Waals surface area contributed by atoms with Crippen molar-refractivity contribution in [1.82, 2.24) is 28.8 Å². The Balaban J connectivity index is 1.63. The van der Waals surface area contributed by atoms with E-state index >= 15 is 0 Å². The summed E-state index contributed by atoms with van der Waals surface area (Å²) in [6.45, 7) is 6.56. The molecule has 0 radical (unpaired) electrons. The van der Waals surface area contributed by atoms with Crippen LogP contribution in [-0.2, 0) is 17.8 Å². The van der Waals surface area contributed by atoms with Crippen molar-refractivity contribution in [1.29, 1.82) is 0 Å². The van der Waals surface area contributed by atoms with Crippen molar-refractivity contribution >= 4 is 17.1 Å². The standard InChI is InChI=1S/C20H26N6O3/c1-4-24-13-16(14(2)22-24)19(27)23-9-7-15(12-23)26-18-17(6-5-8-21-18)25(20(26)28)10-11-29-3/h5-6,8,13,15H,4,7,9-12H2,1-3H3/t15-/m1/s1. The van der Waals surface area contributed by atoms with Gasteiger partial charge in [0.05, 0.1) is 36.0 Å². The summed E-state index contributed by atoms with van der Waals surface area (Å²) < 4.78 is 10.4. The fourth-order valence-corrected chi connectivity index (χ4v) is 4.03. The van der Waals surface area contributed by atoms with Gasteiger partial charge in [0.15, 0.2) is 5.65 Å². The van der Waals surface area contributed by atoms with Crippen LogP contribution < -0.4 is 5.69 Å². The number of hydrogen-bond acceptors (Lipinski definition) is 5. The van der Waals surface area contributed by atoms with Gasteiger partial charge in [0.1, 0.15) is 0 Å². The van der Waals surface area contributed by atoms with Crippen molar-refractivity contribution in [3.63, 3.8) is 0 Å². The van der Waals surface area contributed by atoms with Crippen LogP contribution in [0.3, 0.4) is 0 Å². The maximum absolute atomic E-state index is 13.1. The predicted octanol–water partition coefficient (Wildman–Crippen LogP) is 1.46. The van der Waals surface area contributed by atoms with Crippen LogP contribution in [0.1, 0.15) is 35.4 Å². The van der Waals surface area contributed by atoms with E-state index in [-0.39, 0.29) is 17.6 Å². The first-order valence-electron chi connectivity index (χ1n) is 9.93. The monoisotopic (exact) mass is 398 g/mol. The molecule has 4 rings (SSSR count). The molecule has 154 valence electrons. The van der Waals surface area contributed by atoms with Crippen molar-refractivity contribution < 1.29 is 9.53 Å². The molecule has 0 bridgehead atoms. The fraction of sp³-hybridized carbons (Fsp3) is 0.500. The minimum atomic E-state index is -0.106. The fourth-order valence-electron chi connectivity index (χ4n) is 4.03. The largest absolute Gasteiger partial charge is 0.383 e. The molecule has 1 amide bonds. The van der Waals surface area contributed by atoms with Crippen molar-refractivity contribution in [3.8, 4) is 0 Å². The molecule has 0 N–H and O–H groups in total. The van der Waals surface area contributed by atoms with E-state index in [4.69, 9.17) is 4.74 Å². The van der Waals surface area contributed by atoms with Crippen LogP contribution in [0.25, 0.3) is 11.2 Å². The van der Waals surface area contributed by atoms with Crippen molar-refractivity contribution in [2.75, 3.05) is 26.8 Å². The Hall–Kier alpha value is -2.94. The van der Waals surface area contributed by atoms with Gasteiger partial charge in [0.2, 0.25) is 0 Å². The van der Waals surface area contributed by atoms with Crippen molar-refractivity contribution in [2.24, 2.45) is 0 Å². The highest BCUT2D eigenvalue weighted by molar-refractivity contribution is 5.95. The van der Waals surface area contributed by atoms with Gasteiger partial charge in [-0.15, -0.1) is 0 Å². The van der Waals surface area contributed by atoms with E-state index in [1.54, 1.807) is 33.3 Å². The van der Waals surface area contributed by atoms with Gasteiger partial charge in [-0.3, -0.25) is 18.6 Å². The Morgan fingerprint density at radius 1 is 1.38 bits per heavy atom. The first-order chi connectivity index (χ1) is 14.0. The Bertz CT molecular complexity index is 1100. The van der Waals surface area contributed by atoms with Gasteiger partial charge in [0, 0.05) is 39.1 Å². The highest BCUT2D eigenvalue weighted by Crippen LogP contribution is 2.26. The summed E-state index contributed by atoms with van der Waals surface area (Å²) in [5, 5.41) is 4.37. The number of nitrogens with zero attached hydrogens (tertiary/aromatic N) is 6. The first kappa shape index (κ1) is 19.4. The molecule has 0 spiro atoms. The molecule has 0 aromatic carbocycles. The molecule has 0 unspecified atom stereocenters. The van der Waals surface area contributed by atoms with E-state index in [9.17, 15) is 9.59 Å². The van der Waals surface area contributed by atoms with Crippen LogP contribution in [0.4, 0.5) is 0 Å². The zero-order valence-electron chi connectivity index (χ0n) is 17.0. The lowest BCUT2D eigenvalue weighted by molar-refractivity contribution is 0.0787. The van der Waals surface area contributed by atoms with Gasteiger partial charge in [-0.25, -0.2) is 9.78 Å². The van der Waals surface area contributed by atoms with Crippen LogP contribution in [-0.4, -0.2) is 61.5 Å². The smallest absolute Gasteiger partial charge is 0.330 e. The van der Waals surface area contributed by atoms with Gasteiger partial charge >= 0.3 is 5.69 Å². The normalized spacial score (nSPS) is 16.8. The third kappa shape index (κ3) is 3.35. The van der Waals surface area contributed by atoms with E-state index in [1.807, 2.05) is 30.9 Å². The lowest BCUT2D eigenvalue weighted by Gasteiger charge is -2.16. The van der Waals surface area contributed by atoms with Crippen LogP contribution in [0.5, 0.6) is 0 Å². The minimum absolute atomic E-state index is 0.0335. The van der Waals surface area contributed by atoms with E-state index in [2.05, 4.69) is 10.1 Å². The predicted molar refractivity (Wildman–Crippen MR) is 108 cm³/mol. The number of carbonyl (C=O) groups excluding carboxylic acids is 1. The van der Waals surface area contributed by atoms with Crippen LogP contribution >= 0.6 is 0 Å². The Labute approximate surface area is 168 Å². The molecular weight excluding hydrogens is 372 g/mol. The summed E-state index contributed by atoms with van der Waals surface area (Å²) in [5.74, 6) is -0.0335. The molecule has 0 aliphatic carbocycles. The second-order valence-corrected chi connectivity index (χ2v) is 7.32. The van der Waals surface area contributed by atoms with Crippen LogP contribution in [0, 0.1) is 6.92 Å². The number of carbonyl (C=O) groups is 1. The number of rotatable bonds is 6. The third-order valence-corrected chi connectivity index (χ3v) is 5.56. The molecular formula is C20H26N6O3. The maximum atomic E-state index is 13.1. The number of pyridine rings is 1. The Morgan fingerprint density at radius 3 is 2.93 bits per heavy atom. The van der Waals surface area contributed by atoms with Crippen LogP contribution in [0.2, 0.25) is 0 Å². The van der Waals surface area contributed by atoms with Gasteiger partial charge in [0.25, 0.3) is 5.91 Å². The summed E-state index contributed by atoms with van der Waals surface area (Å²) in [6, 6.07) is 3.62. The molecule has 1 aliphatic rings. The van der Waals surface area contributed by atoms with Crippen molar-refractivity contribution in [3.05, 3.63) is 46.3 Å². The number of fused-ring (bicyclic) bond motifs is 1. The van der Waals surface area contributed by atoms with E-state index in [0.29, 0.717) is 43.9 Å². The Morgan fingerprint density at radius 2 is 2.21 bits per heavy atom. The topological polar surface area (TPSA) is 87.2 Å². The summed E-state index contributed by atoms with van der Waals surface area (Å²) >= 11 is 0. The molecule has 0 saturated carbocycles. The number of amides is 1. The van der Waals surface area contributed by atoms with Crippen molar-refractivity contribution in [2.45, 2.75) is 39.4 Å². The zero-order chi connectivity index (χ0) is 20.5. The molecule has 1 atom stereocenters. The maximum Gasteiger partial charge on any atom is 0.330 e. The van der Waals surface area contributed by atoms with E-state index < -0.39 is 0 Å². The molecule has 9 heteroatoms. The van der Waals surface area contributed by atoms with Gasteiger partial charge in [-0.2, -0.15) is 5.10 Å². The number of imidazole rings is 1. The highest BCUT2D eigenvalue weighted by atomic mass is 16.5. The lowest BCUT2D eigenvalue weighted by atomic mass is 10.2. The number of aromatic nitrogens is 5. The van der Waals surface area contributed by atoms with Crippen LogP contribution in [0.15, 0.2) is 29.3 Å². The molecule has 3 aromatic rings. The van der Waals surface area contributed by atoms with Gasteiger partial charge in [-0.05, 0) is 32.4 Å². The molecule has 4 heterocycles. The average molecular weight is 398 g/mol. The summed E-state index contributed by atoms with van der Waals surface area (Å²) in [7, 11) is 1.62. The lowest BCUT2D eigenvalue weighted by Crippen LogP contribution is -2.32. The summed E-state index contributed by atoms with van der Waals surface area (Å²) in [4.78, 5) is 32.4. The number of aryl methyl sites for hydroxylation is 2. The second-order valence-electron chi connectivity index (χ2n) is 7.32. The summed E-state index contributed by atoms with van der Waals surface area (Å²) in [5.41, 5.74) is 2.70. The third-order valence-electron chi connectivity index (χ3n) is 5.56. The molecule has 1 saturated heterocycles. The van der Waals surface area contributed by atoms with E-state index in [0.717, 1.165) is 17.8 Å². The number of hydrogen-bond donors (Lipinski definition) is 0. The minimum Gasteiger partial charge on any atom is -0.383 e. The quantitative estimate of drug-likeness (QED) is 0.627. The number of likely N-dealkylation sites (tertiary alicyclic amines) is 1. The first-order valence-corrected chi connectivity index (χ1v) is 9.93. The molecule has 1 fully saturated rings. The summed E-state index contributed by atoms with van der Waals surface area (Å²) in [6.07, 6.45) is 4.21. The highest BCUT2D eigenvalue weighted by Gasteiger charge is 2.32. The Kier molecular flexibility index (Phi) is 5.23. The second kappa shape index (κ2) is 7.82. The number of ether oxygens (including phenoxy) is 1. The van der Waals surface area contributed by atoms with Gasteiger partial charge < -0.3 is 9.64 Å². The number of methoxy groups -OCH3 is 1. The molecule has 3 aromatic heterocycles. The van der Waals surface area contributed by atoms with E-state index in [1.165, 1.54) is 0 Å². The SMILES string of the molecule is CCn1cc(C(=O)N2CC[C@@H](n3c(=O)n(CCOC)c4cccnc43)C2)c(C)n1. The molecule has 1 aliphatic heterocycles. The molecule has 9 nitrogen and oxygen atoms in total. The average Bonchev–Trinajstić information content (AvgIpc) is 3.41. The van der Waals surface area contributed by atoms with Gasteiger partial charge in [-0.1, -0.05) is 0 Å². The molecule has 29 heavy (non-hydrogen) atoms. The zero-order valence-corrected chi connectivity index (χ0v) is 17.0.